The molecule has 0 saturated heterocycles. The Morgan fingerprint density at radius 1 is 1.29 bits per heavy atom. The molecule has 5 rings (SSSR count). The van der Waals surface area contributed by atoms with E-state index in [9.17, 15) is 4.79 Å². The highest BCUT2D eigenvalue weighted by atomic mass is 16.2. The molecule has 1 aromatic carbocycles. The largest absolute Gasteiger partial charge is 0.404 e. The first-order valence-electron chi connectivity index (χ1n) is 12.2. The summed E-state index contributed by atoms with van der Waals surface area (Å²) in [7, 11) is 0. The van der Waals surface area contributed by atoms with E-state index in [2.05, 4.69) is 33.9 Å². The Hall–Kier alpha value is -3.48. The topological polar surface area (TPSA) is 89.4 Å². The molecule has 2 aromatic heterocycles. The number of hydrogen-bond donors (Lipinski definition) is 1. The molecule has 3 heterocycles. The van der Waals surface area contributed by atoms with Gasteiger partial charge in [-0.3, -0.25) is 19.5 Å². The second-order valence-corrected chi connectivity index (χ2v) is 9.58. The summed E-state index contributed by atoms with van der Waals surface area (Å²) in [6.07, 6.45) is 9.71. The molecular formula is C27H32N6O. The van der Waals surface area contributed by atoms with Crippen LogP contribution in [-0.2, 0) is 17.8 Å². The van der Waals surface area contributed by atoms with Crippen LogP contribution in [0.25, 0.3) is 27.6 Å². The molecule has 1 aliphatic carbocycles. The van der Waals surface area contributed by atoms with Gasteiger partial charge in [-0.05, 0) is 44.6 Å². The fourth-order valence-electron chi connectivity index (χ4n) is 4.82. The predicted octanol–water partition coefficient (Wildman–Crippen LogP) is 4.51. The summed E-state index contributed by atoms with van der Waals surface area (Å²) < 4.78 is 2.25. The second kappa shape index (κ2) is 9.05. The summed E-state index contributed by atoms with van der Waals surface area (Å²) in [4.78, 5) is 23.3. The molecule has 2 N–H and O–H groups in total. The molecule has 0 atom stereocenters. The summed E-state index contributed by atoms with van der Waals surface area (Å²) in [6.45, 7) is 7.07. The van der Waals surface area contributed by atoms with Gasteiger partial charge in [0.05, 0.1) is 17.4 Å². The van der Waals surface area contributed by atoms with E-state index in [1.807, 2.05) is 24.9 Å². The van der Waals surface area contributed by atoms with Gasteiger partial charge in [-0.15, -0.1) is 0 Å². The zero-order chi connectivity index (χ0) is 23.8. The first-order valence-corrected chi connectivity index (χ1v) is 12.2. The molecule has 1 saturated carbocycles. The zero-order valence-corrected chi connectivity index (χ0v) is 20.2. The predicted molar refractivity (Wildman–Crippen MR) is 136 cm³/mol. The van der Waals surface area contributed by atoms with Crippen molar-refractivity contribution < 1.29 is 4.79 Å². The van der Waals surface area contributed by atoms with Gasteiger partial charge in [0.25, 0.3) is 0 Å². The summed E-state index contributed by atoms with van der Waals surface area (Å²) in [5, 5.41) is 7.27. The standard InChI is InChI=1S/C27H32N6O/c1-17(2)29-14-20(13-28)25-12-19-6-4-9-22(23(19)15-30-25)27-24-16-32(18(3)34)11-10-26(24)33(31-27)21-7-5-8-21/h4,6,9,12-15,17,21H,5,7-8,10-11,16,28H2,1-3H3/b20-13+,29-14?. The van der Waals surface area contributed by atoms with Gasteiger partial charge in [0.2, 0.25) is 5.91 Å². The number of aromatic nitrogens is 3. The van der Waals surface area contributed by atoms with E-state index in [0.717, 1.165) is 46.3 Å². The Morgan fingerprint density at radius 2 is 2.12 bits per heavy atom. The Morgan fingerprint density at radius 3 is 2.79 bits per heavy atom. The molecule has 7 nitrogen and oxygen atoms in total. The zero-order valence-electron chi connectivity index (χ0n) is 20.2. The van der Waals surface area contributed by atoms with Gasteiger partial charge in [-0.2, -0.15) is 5.10 Å². The Bertz CT molecular complexity index is 1300. The molecule has 0 radical (unpaired) electrons. The lowest BCUT2D eigenvalue weighted by atomic mass is 9.92. The highest BCUT2D eigenvalue weighted by Gasteiger charge is 2.31. The maximum absolute atomic E-state index is 12.2. The second-order valence-electron chi connectivity index (χ2n) is 9.58. The third kappa shape index (κ3) is 4.00. The van der Waals surface area contributed by atoms with E-state index < -0.39 is 0 Å². The van der Waals surface area contributed by atoms with Gasteiger partial charge in [-0.25, -0.2) is 0 Å². The number of aliphatic imine (C=N–C) groups is 1. The van der Waals surface area contributed by atoms with Gasteiger partial charge < -0.3 is 10.6 Å². The van der Waals surface area contributed by atoms with E-state index >= 15 is 0 Å². The normalized spacial score (nSPS) is 16.9. The van der Waals surface area contributed by atoms with Crippen molar-refractivity contribution in [2.45, 2.75) is 65.1 Å². The van der Waals surface area contributed by atoms with Gasteiger partial charge in [0, 0.05) is 78.9 Å². The summed E-state index contributed by atoms with van der Waals surface area (Å²) in [6, 6.07) is 8.99. The average molecular weight is 457 g/mol. The van der Waals surface area contributed by atoms with Crippen LogP contribution in [0.2, 0.25) is 0 Å². The lowest BCUT2D eigenvalue weighted by Crippen LogP contribution is -2.35. The molecule has 1 aliphatic heterocycles. The highest BCUT2D eigenvalue weighted by molar-refractivity contribution is 6.10. The number of benzene rings is 1. The number of rotatable bonds is 5. The van der Waals surface area contributed by atoms with Crippen LogP contribution in [0.5, 0.6) is 0 Å². The average Bonchev–Trinajstić information content (AvgIpc) is 3.15. The SMILES string of the molecule is CC(=O)N1CCc2c(c(-c3cccc4cc(/C(C=NC(C)C)=C/N)ncc34)nn2C2CCC2)C1. The van der Waals surface area contributed by atoms with Crippen molar-refractivity contribution in [1.82, 2.24) is 19.7 Å². The van der Waals surface area contributed by atoms with Crippen molar-refractivity contribution in [3.8, 4) is 11.3 Å². The van der Waals surface area contributed by atoms with Gasteiger partial charge in [-0.1, -0.05) is 18.2 Å². The first kappa shape index (κ1) is 22.3. The number of nitrogens with zero attached hydrogens (tertiary/aromatic N) is 5. The number of carbonyl (C=O) groups is 1. The monoisotopic (exact) mass is 456 g/mol. The number of allylic oxidation sites excluding steroid dienone is 1. The molecule has 7 heteroatoms. The lowest BCUT2D eigenvalue weighted by Gasteiger charge is -2.31. The van der Waals surface area contributed by atoms with Crippen molar-refractivity contribution in [1.29, 1.82) is 0 Å². The summed E-state index contributed by atoms with van der Waals surface area (Å²) in [5.74, 6) is 0.112. The van der Waals surface area contributed by atoms with Gasteiger partial charge >= 0.3 is 0 Å². The van der Waals surface area contributed by atoms with Crippen LogP contribution in [0, 0.1) is 0 Å². The third-order valence-electron chi connectivity index (χ3n) is 6.96. The molecule has 1 fully saturated rings. The maximum atomic E-state index is 12.2. The summed E-state index contributed by atoms with van der Waals surface area (Å²) >= 11 is 0. The van der Waals surface area contributed by atoms with Gasteiger partial charge in [0.1, 0.15) is 0 Å². The molecule has 3 aromatic rings. The fraction of sp³-hybridized carbons (Fsp3) is 0.407. The van der Waals surface area contributed by atoms with Crippen LogP contribution < -0.4 is 5.73 Å². The fourth-order valence-corrected chi connectivity index (χ4v) is 4.82. The summed E-state index contributed by atoms with van der Waals surface area (Å²) in [5.41, 5.74) is 12.0. The maximum Gasteiger partial charge on any atom is 0.219 e. The highest BCUT2D eigenvalue weighted by Crippen LogP contribution is 2.39. The van der Waals surface area contributed by atoms with E-state index in [1.165, 1.54) is 30.5 Å². The van der Waals surface area contributed by atoms with Crippen molar-refractivity contribution in [3.05, 3.63) is 53.6 Å². The van der Waals surface area contributed by atoms with Crippen molar-refractivity contribution >= 4 is 28.5 Å². The van der Waals surface area contributed by atoms with Crippen LogP contribution in [0.15, 0.2) is 41.7 Å². The molecule has 0 unspecified atom stereocenters. The van der Waals surface area contributed by atoms with Gasteiger partial charge in [0.15, 0.2) is 0 Å². The minimum atomic E-state index is 0.112. The number of amides is 1. The van der Waals surface area contributed by atoms with E-state index in [1.54, 1.807) is 19.3 Å². The van der Waals surface area contributed by atoms with Crippen LogP contribution >= 0.6 is 0 Å². The van der Waals surface area contributed by atoms with Crippen molar-refractivity contribution in [3.63, 3.8) is 0 Å². The third-order valence-corrected chi connectivity index (χ3v) is 6.96. The van der Waals surface area contributed by atoms with Crippen LogP contribution in [-0.4, -0.2) is 44.4 Å². The number of nitrogens with two attached hydrogens (primary N) is 1. The Kier molecular flexibility index (Phi) is 5.94. The molecule has 176 valence electrons. The smallest absolute Gasteiger partial charge is 0.219 e. The van der Waals surface area contributed by atoms with Crippen molar-refractivity contribution in [2.24, 2.45) is 10.7 Å². The lowest BCUT2D eigenvalue weighted by molar-refractivity contribution is -0.129. The number of hydrogen-bond acceptors (Lipinski definition) is 5. The van der Waals surface area contributed by atoms with Crippen LogP contribution in [0.3, 0.4) is 0 Å². The van der Waals surface area contributed by atoms with Crippen molar-refractivity contribution in [2.75, 3.05) is 6.54 Å². The molecule has 0 spiro atoms. The van der Waals surface area contributed by atoms with E-state index in [4.69, 9.17) is 15.8 Å². The van der Waals surface area contributed by atoms with E-state index in [0.29, 0.717) is 12.6 Å². The van der Waals surface area contributed by atoms with Crippen LogP contribution in [0.4, 0.5) is 0 Å². The van der Waals surface area contributed by atoms with Crippen LogP contribution in [0.1, 0.15) is 63.0 Å². The number of pyridine rings is 1. The number of fused-ring (bicyclic) bond motifs is 2. The first-order chi connectivity index (χ1) is 16.5. The minimum Gasteiger partial charge on any atom is -0.404 e. The van der Waals surface area contributed by atoms with E-state index in [-0.39, 0.29) is 11.9 Å². The minimum absolute atomic E-state index is 0.112. The molecule has 2 aliphatic rings. The molecule has 34 heavy (non-hydrogen) atoms. The quantitative estimate of drug-likeness (QED) is 0.572. The molecular weight excluding hydrogens is 424 g/mol. The molecule has 0 bridgehead atoms. The number of carbonyl (C=O) groups excluding carboxylic acids is 1. The Balaban J connectivity index is 1.61. The molecule has 1 amide bonds. The Labute approximate surface area is 200 Å².